The van der Waals surface area contributed by atoms with Crippen LogP contribution in [0, 0.1) is 13.8 Å². The van der Waals surface area contributed by atoms with E-state index in [0.717, 1.165) is 17.3 Å². The molecule has 94 valence electrons. The van der Waals surface area contributed by atoms with Gasteiger partial charge in [0.15, 0.2) is 0 Å². The molecule has 2 rings (SSSR count). The predicted octanol–water partition coefficient (Wildman–Crippen LogP) is 3.57. The van der Waals surface area contributed by atoms with Crippen molar-refractivity contribution in [2.75, 3.05) is 12.4 Å². The van der Waals surface area contributed by atoms with Gasteiger partial charge >= 0.3 is 0 Å². The molecular weight excluding hydrogens is 210 g/mol. The first kappa shape index (κ1) is 12.3. The molecule has 0 atom stereocenters. The summed E-state index contributed by atoms with van der Waals surface area (Å²) in [6.07, 6.45) is 7.92. The maximum atomic E-state index is 4.70. The van der Waals surface area contributed by atoms with Crippen LogP contribution in [0.3, 0.4) is 0 Å². The Morgan fingerprint density at radius 3 is 2.24 bits per heavy atom. The lowest BCUT2D eigenvalue weighted by Crippen LogP contribution is -2.09. The summed E-state index contributed by atoms with van der Waals surface area (Å²) in [5.74, 6) is 2.62. The van der Waals surface area contributed by atoms with Crippen molar-refractivity contribution in [1.29, 1.82) is 0 Å². The third-order valence-electron chi connectivity index (χ3n) is 3.86. The van der Waals surface area contributed by atoms with E-state index in [1.807, 2.05) is 7.05 Å². The van der Waals surface area contributed by atoms with E-state index in [2.05, 4.69) is 19.2 Å². The molecule has 0 spiro atoms. The smallest absolute Gasteiger partial charge is 0.134 e. The van der Waals surface area contributed by atoms with Gasteiger partial charge in [0.2, 0.25) is 0 Å². The molecule has 0 saturated heterocycles. The van der Waals surface area contributed by atoms with Crippen LogP contribution in [0.4, 0.5) is 5.82 Å². The minimum absolute atomic E-state index is 0.573. The first-order valence-electron chi connectivity index (χ1n) is 6.75. The lowest BCUT2D eigenvalue weighted by molar-refractivity contribution is 0.559. The standard InChI is InChI=1S/C14H23N3/c1-10-11(2)16-14(17-13(10)15-3)12-8-6-4-5-7-9-12/h12H,4-9H2,1-3H3,(H,15,16,17). The molecule has 1 aliphatic carbocycles. The summed E-state index contributed by atoms with van der Waals surface area (Å²) in [4.78, 5) is 9.39. The third kappa shape index (κ3) is 2.76. The number of hydrogen-bond acceptors (Lipinski definition) is 3. The zero-order valence-electron chi connectivity index (χ0n) is 11.2. The minimum Gasteiger partial charge on any atom is -0.373 e. The van der Waals surface area contributed by atoms with Crippen LogP contribution in [0.1, 0.15) is 61.5 Å². The van der Waals surface area contributed by atoms with Crippen LogP contribution in [-0.2, 0) is 0 Å². The Morgan fingerprint density at radius 1 is 1.00 bits per heavy atom. The van der Waals surface area contributed by atoms with E-state index in [0.29, 0.717) is 5.92 Å². The van der Waals surface area contributed by atoms with E-state index in [1.165, 1.54) is 44.1 Å². The number of anilines is 1. The molecule has 0 amide bonds. The number of nitrogens with zero attached hydrogens (tertiary/aromatic N) is 2. The summed E-state index contributed by atoms with van der Waals surface area (Å²) in [6, 6.07) is 0. The molecule has 1 N–H and O–H groups in total. The Balaban J connectivity index is 2.27. The fraction of sp³-hybridized carbons (Fsp3) is 0.714. The maximum Gasteiger partial charge on any atom is 0.134 e. The van der Waals surface area contributed by atoms with Gasteiger partial charge in [0.25, 0.3) is 0 Å². The molecule has 17 heavy (non-hydrogen) atoms. The summed E-state index contributed by atoms with van der Waals surface area (Å²) in [7, 11) is 1.94. The van der Waals surface area contributed by atoms with Crippen LogP contribution in [-0.4, -0.2) is 17.0 Å². The lowest BCUT2D eigenvalue weighted by Gasteiger charge is -2.16. The van der Waals surface area contributed by atoms with Gasteiger partial charge in [0.05, 0.1) is 0 Å². The van der Waals surface area contributed by atoms with Crippen molar-refractivity contribution in [2.45, 2.75) is 58.3 Å². The van der Waals surface area contributed by atoms with Crippen molar-refractivity contribution >= 4 is 5.82 Å². The van der Waals surface area contributed by atoms with Gasteiger partial charge in [0.1, 0.15) is 11.6 Å². The molecule has 1 aliphatic rings. The Bertz CT molecular complexity index is 379. The molecule has 1 heterocycles. The highest BCUT2D eigenvalue weighted by Crippen LogP contribution is 2.30. The van der Waals surface area contributed by atoms with Crippen LogP contribution in [0.2, 0.25) is 0 Å². The number of hydrogen-bond donors (Lipinski definition) is 1. The SMILES string of the molecule is CNc1nc(C2CCCCCC2)nc(C)c1C. The summed E-state index contributed by atoms with van der Waals surface area (Å²) in [5, 5.41) is 3.18. The van der Waals surface area contributed by atoms with Crippen LogP contribution in [0.25, 0.3) is 0 Å². The van der Waals surface area contributed by atoms with Gasteiger partial charge < -0.3 is 5.32 Å². The van der Waals surface area contributed by atoms with E-state index >= 15 is 0 Å². The first-order valence-corrected chi connectivity index (χ1v) is 6.75. The number of rotatable bonds is 2. The topological polar surface area (TPSA) is 37.8 Å². The zero-order chi connectivity index (χ0) is 12.3. The molecule has 3 nitrogen and oxygen atoms in total. The highest BCUT2D eigenvalue weighted by molar-refractivity contribution is 5.45. The second kappa shape index (κ2) is 5.48. The van der Waals surface area contributed by atoms with Crippen LogP contribution in [0.5, 0.6) is 0 Å². The summed E-state index contributed by atoms with van der Waals surface area (Å²) >= 11 is 0. The van der Waals surface area contributed by atoms with Gasteiger partial charge in [-0.1, -0.05) is 25.7 Å². The van der Waals surface area contributed by atoms with E-state index in [9.17, 15) is 0 Å². The second-order valence-electron chi connectivity index (χ2n) is 5.08. The van der Waals surface area contributed by atoms with Crippen LogP contribution in [0.15, 0.2) is 0 Å². The molecule has 3 heteroatoms. The number of aromatic nitrogens is 2. The van der Waals surface area contributed by atoms with Crippen molar-refractivity contribution in [3.63, 3.8) is 0 Å². The fourth-order valence-electron chi connectivity index (χ4n) is 2.61. The van der Waals surface area contributed by atoms with E-state index < -0.39 is 0 Å². The lowest BCUT2D eigenvalue weighted by atomic mass is 9.99. The molecule has 0 aliphatic heterocycles. The van der Waals surface area contributed by atoms with Crippen LogP contribution < -0.4 is 5.32 Å². The van der Waals surface area contributed by atoms with Gasteiger partial charge in [-0.25, -0.2) is 9.97 Å². The largest absolute Gasteiger partial charge is 0.373 e. The third-order valence-corrected chi connectivity index (χ3v) is 3.86. The van der Waals surface area contributed by atoms with Gasteiger partial charge in [-0.15, -0.1) is 0 Å². The highest BCUT2D eigenvalue weighted by atomic mass is 15.0. The van der Waals surface area contributed by atoms with E-state index in [1.54, 1.807) is 0 Å². The number of aryl methyl sites for hydroxylation is 1. The van der Waals surface area contributed by atoms with E-state index in [4.69, 9.17) is 9.97 Å². The Labute approximate surface area is 104 Å². The van der Waals surface area contributed by atoms with Crippen molar-refractivity contribution < 1.29 is 0 Å². The normalized spacial score (nSPS) is 17.8. The minimum atomic E-state index is 0.573. The van der Waals surface area contributed by atoms with Gasteiger partial charge in [-0.05, 0) is 26.7 Å². The van der Waals surface area contributed by atoms with Crippen molar-refractivity contribution in [2.24, 2.45) is 0 Å². The van der Waals surface area contributed by atoms with Crippen LogP contribution >= 0.6 is 0 Å². The quantitative estimate of drug-likeness (QED) is 0.793. The van der Waals surface area contributed by atoms with Gasteiger partial charge in [-0.3, -0.25) is 0 Å². The maximum absolute atomic E-state index is 4.70. The molecule has 0 radical (unpaired) electrons. The van der Waals surface area contributed by atoms with Gasteiger partial charge in [-0.2, -0.15) is 0 Å². The van der Waals surface area contributed by atoms with Gasteiger partial charge in [0, 0.05) is 24.2 Å². The number of nitrogens with one attached hydrogen (secondary N) is 1. The molecule has 1 saturated carbocycles. The Kier molecular flexibility index (Phi) is 3.97. The summed E-state index contributed by atoms with van der Waals surface area (Å²) in [6.45, 7) is 4.16. The molecule has 0 aromatic carbocycles. The molecule has 0 unspecified atom stereocenters. The van der Waals surface area contributed by atoms with E-state index in [-0.39, 0.29) is 0 Å². The summed E-state index contributed by atoms with van der Waals surface area (Å²) < 4.78 is 0. The average molecular weight is 233 g/mol. The Morgan fingerprint density at radius 2 is 1.65 bits per heavy atom. The molecule has 1 fully saturated rings. The fourth-order valence-corrected chi connectivity index (χ4v) is 2.61. The van der Waals surface area contributed by atoms with Crippen molar-refractivity contribution in [3.05, 3.63) is 17.1 Å². The highest BCUT2D eigenvalue weighted by Gasteiger charge is 2.18. The molecule has 0 bridgehead atoms. The first-order chi connectivity index (χ1) is 8.22. The van der Waals surface area contributed by atoms with Crippen molar-refractivity contribution in [1.82, 2.24) is 9.97 Å². The Hall–Kier alpha value is -1.12. The summed E-state index contributed by atoms with van der Waals surface area (Å²) in [5.41, 5.74) is 2.29. The molecule has 1 aromatic rings. The molecule has 1 aromatic heterocycles. The average Bonchev–Trinajstić information content (AvgIpc) is 2.61. The zero-order valence-corrected chi connectivity index (χ0v) is 11.2. The monoisotopic (exact) mass is 233 g/mol. The predicted molar refractivity (Wildman–Crippen MR) is 71.5 cm³/mol. The second-order valence-corrected chi connectivity index (χ2v) is 5.08. The van der Waals surface area contributed by atoms with Crippen molar-refractivity contribution in [3.8, 4) is 0 Å². The molecular formula is C14H23N3.